The molecule has 0 aliphatic rings. The molecule has 1 rings (SSSR count). The van der Waals surface area contributed by atoms with Crippen LogP contribution in [0.1, 0.15) is 5.56 Å². The summed E-state index contributed by atoms with van der Waals surface area (Å²) in [5.74, 6) is 0. The molecule has 0 heterocycles. The van der Waals surface area contributed by atoms with Crippen molar-refractivity contribution >= 4 is 13.7 Å². The molecular formula is C11H16NO5P. The Bertz CT molecular complexity index is 436. The first-order valence-electron chi connectivity index (χ1n) is 5.24. The van der Waals surface area contributed by atoms with Gasteiger partial charge in [0.15, 0.2) is 0 Å². The standard InChI is InChI=1S/C11H16NO5P/c1-12(9-18(14,15)16-2)11(13)17-8-10-6-4-3-5-7-10/h3-7H,8-9H2,1-2H3,(H,14,15). The molecule has 0 fully saturated rings. The van der Waals surface area contributed by atoms with Crippen molar-refractivity contribution in [2.24, 2.45) is 0 Å². The summed E-state index contributed by atoms with van der Waals surface area (Å²) in [5, 5.41) is 0. The van der Waals surface area contributed by atoms with Crippen molar-refractivity contribution in [3.05, 3.63) is 35.9 Å². The van der Waals surface area contributed by atoms with Crippen molar-refractivity contribution in [2.45, 2.75) is 6.61 Å². The van der Waals surface area contributed by atoms with E-state index >= 15 is 0 Å². The Morgan fingerprint density at radius 2 is 2.00 bits per heavy atom. The van der Waals surface area contributed by atoms with Crippen molar-refractivity contribution in [3.8, 4) is 0 Å². The summed E-state index contributed by atoms with van der Waals surface area (Å²) >= 11 is 0. The van der Waals surface area contributed by atoms with E-state index in [0.29, 0.717) is 0 Å². The summed E-state index contributed by atoms with van der Waals surface area (Å²) in [6.07, 6.45) is -1.08. The van der Waals surface area contributed by atoms with E-state index in [4.69, 9.17) is 4.74 Å². The van der Waals surface area contributed by atoms with Gasteiger partial charge in [0, 0.05) is 14.2 Å². The number of ether oxygens (including phenoxy) is 1. The van der Waals surface area contributed by atoms with Crippen LogP contribution >= 0.6 is 7.60 Å². The van der Waals surface area contributed by atoms with Crippen LogP contribution in [-0.2, 0) is 20.4 Å². The van der Waals surface area contributed by atoms with E-state index in [-0.39, 0.29) is 6.61 Å². The highest BCUT2D eigenvalue weighted by Crippen LogP contribution is 2.40. The normalized spacial score (nSPS) is 13.7. The third-order valence-electron chi connectivity index (χ3n) is 2.19. The maximum atomic E-state index is 11.5. The summed E-state index contributed by atoms with van der Waals surface area (Å²) in [5.41, 5.74) is 0.846. The molecule has 0 aliphatic heterocycles. The van der Waals surface area contributed by atoms with Gasteiger partial charge in [-0.15, -0.1) is 0 Å². The molecule has 0 aliphatic carbocycles. The van der Waals surface area contributed by atoms with E-state index in [2.05, 4.69) is 4.52 Å². The van der Waals surface area contributed by atoms with Gasteiger partial charge in [-0.1, -0.05) is 30.3 Å². The number of hydrogen-bond donors (Lipinski definition) is 1. The summed E-state index contributed by atoms with van der Waals surface area (Å²) in [4.78, 5) is 21.7. The van der Waals surface area contributed by atoms with Gasteiger partial charge in [0.05, 0.1) is 0 Å². The van der Waals surface area contributed by atoms with Crippen LogP contribution in [0.2, 0.25) is 0 Å². The van der Waals surface area contributed by atoms with Crippen LogP contribution in [0.3, 0.4) is 0 Å². The third kappa shape index (κ3) is 4.87. The Hall–Kier alpha value is -1.36. The first kappa shape index (κ1) is 14.7. The smallest absolute Gasteiger partial charge is 0.410 e. The van der Waals surface area contributed by atoms with Gasteiger partial charge in [-0.25, -0.2) is 4.79 Å². The van der Waals surface area contributed by atoms with E-state index in [9.17, 15) is 14.3 Å². The number of carbonyl (C=O) groups is 1. The molecule has 0 aromatic heterocycles. The first-order valence-corrected chi connectivity index (χ1v) is 7.00. The van der Waals surface area contributed by atoms with Crippen LogP contribution in [-0.4, -0.2) is 36.3 Å². The van der Waals surface area contributed by atoms with Gasteiger partial charge < -0.3 is 14.2 Å². The number of carbonyl (C=O) groups excluding carboxylic acids is 1. The topological polar surface area (TPSA) is 76.1 Å². The summed E-state index contributed by atoms with van der Waals surface area (Å²) in [6, 6.07) is 9.16. The fraction of sp³-hybridized carbons (Fsp3) is 0.364. The van der Waals surface area contributed by atoms with Crippen LogP contribution in [0.4, 0.5) is 4.79 Å². The van der Waals surface area contributed by atoms with Crippen molar-refractivity contribution < 1.29 is 23.5 Å². The van der Waals surface area contributed by atoms with Gasteiger partial charge in [-0.05, 0) is 5.56 Å². The van der Waals surface area contributed by atoms with Crippen LogP contribution in [0.5, 0.6) is 0 Å². The molecule has 0 saturated heterocycles. The lowest BCUT2D eigenvalue weighted by molar-refractivity contribution is 0.107. The van der Waals surface area contributed by atoms with E-state index in [1.165, 1.54) is 7.05 Å². The number of nitrogens with zero attached hydrogens (tertiary/aromatic N) is 1. The minimum Gasteiger partial charge on any atom is -0.445 e. The largest absolute Gasteiger partial charge is 0.445 e. The maximum absolute atomic E-state index is 11.5. The predicted octanol–water partition coefficient (Wildman–Crippen LogP) is 2.04. The highest BCUT2D eigenvalue weighted by molar-refractivity contribution is 7.52. The van der Waals surface area contributed by atoms with Crippen molar-refractivity contribution in [1.82, 2.24) is 4.90 Å². The van der Waals surface area contributed by atoms with Crippen LogP contribution in [0.15, 0.2) is 30.3 Å². The number of benzene rings is 1. The Labute approximate surface area is 106 Å². The predicted molar refractivity (Wildman–Crippen MR) is 66.1 cm³/mol. The zero-order chi connectivity index (χ0) is 13.6. The zero-order valence-corrected chi connectivity index (χ0v) is 11.2. The summed E-state index contributed by atoms with van der Waals surface area (Å²) in [7, 11) is -1.27. The molecule has 6 nitrogen and oxygen atoms in total. The van der Waals surface area contributed by atoms with E-state index in [1.54, 1.807) is 0 Å². The van der Waals surface area contributed by atoms with Gasteiger partial charge in [-0.2, -0.15) is 0 Å². The summed E-state index contributed by atoms with van der Waals surface area (Å²) in [6.45, 7) is 0.118. The number of rotatable bonds is 5. The van der Waals surface area contributed by atoms with Crippen LogP contribution in [0.25, 0.3) is 0 Å². The molecular weight excluding hydrogens is 257 g/mol. The molecule has 1 aromatic carbocycles. The molecule has 0 saturated carbocycles. The second kappa shape index (κ2) is 6.54. The van der Waals surface area contributed by atoms with Crippen molar-refractivity contribution in [1.29, 1.82) is 0 Å². The SMILES string of the molecule is COP(=O)(O)CN(C)C(=O)OCc1ccccc1. The maximum Gasteiger partial charge on any atom is 0.410 e. The van der Waals surface area contributed by atoms with Gasteiger partial charge in [0.2, 0.25) is 0 Å². The minimum absolute atomic E-state index is 0.118. The fourth-order valence-electron chi connectivity index (χ4n) is 1.21. The highest BCUT2D eigenvalue weighted by Gasteiger charge is 2.23. The lowest BCUT2D eigenvalue weighted by atomic mass is 10.2. The molecule has 1 N–H and O–H groups in total. The molecule has 0 spiro atoms. The average Bonchev–Trinajstić information content (AvgIpc) is 2.36. The summed E-state index contributed by atoms with van der Waals surface area (Å²) < 4.78 is 20.6. The molecule has 1 aromatic rings. The second-order valence-corrected chi connectivity index (χ2v) is 5.62. The Balaban J connectivity index is 2.44. The van der Waals surface area contributed by atoms with Crippen molar-refractivity contribution in [2.75, 3.05) is 20.4 Å². The monoisotopic (exact) mass is 273 g/mol. The lowest BCUT2D eigenvalue weighted by Gasteiger charge is -2.19. The molecule has 1 amide bonds. The van der Waals surface area contributed by atoms with Gasteiger partial charge in [0.1, 0.15) is 12.9 Å². The lowest BCUT2D eigenvalue weighted by Crippen LogP contribution is -2.28. The van der Waals surface area contributed by atoms with Gasteiger partial charge in [-0.3, -0.25) is 9.46 Å². The molecule has 100 valence electrons. The van der Waals surface area contributed by atoms with Crippen LogP contribution in [0, 0.1) is 0 Å². The van der Waals surface area contributed by atoms with Gasteiger partial charge in [0.25, 0.3) is 0 Å². The second-order valence-electron chi connectivity index (χ2n) is 3.70. The Kier molecular flexibility index (Phi) is 5.34. The van der Waals surface area contributed by atoms with E-state index in [1.807, 2.05) is 30.3 Å². The molecule has 7 heteroatoms. The van der Waals surface area contributed by atoms with E-state index in [0.717, 1.165) is 17.6 Å². The Morgan fingerprint density at radius 1 is 1.39 bits per heavy atom. The molecule has 0 bridgehead atoms. The average molecular weight is 273 g/mol. The van der Waals surface area contributed by atoms with Crippen LogP contribution < -0.4 is 0 Å². The third-order valence-corrected chi connectivity index (χ3v) is 3.55. The fourth-order valence-corrected chi connectivity index (χ4v) is 1.98. The molecule has 18 heavy (non-hydrogen) atoms. The van der Waals surface area contributed by atoms with E-state index < -0.39 is 20.0 Å². The zero-order valence-electron chi connectivity index (χ0n) is 10.3. The molecule has 1 unspecified atom stereocenters. The minimum atomic E-state index is -3.75. The Morgan fingerprint density at radius 3 is 2.56 bits per heavy atom. The number of amides is 1. The molecule has 0 radical (unpaired) electrons. The highest BCUT2D eigenvalue weighted by atomic mass is 31.2. The molecule has 1 atom stereocenters. The number of hydrogen-bond acceptors (Lipinski definition) is 4. The van der Waals surface area contributed by atoms with Crippen molar-refractivity contribution in [3.63, 3.8) is 0 Å². The first-order chi connectivity index (χ1) is 8.44. The quantitative estimate of drug-likeness (QED) is 0.831. The van der Waals surface area contributed by atoms with Gasteiger partial charge >= 0.3 is 13.7 Å².